The van der Waals surface area contributed by atoms with Gasteiger partial charge in [-0.3, -0.25) is 14.4 Å². The van der Waals surface area contributed by atoms with E-state index in [1.807, 2.05) is 0 Å². The second-order valence-corrected chi connectivity index (χ2v) is 17.5. The predicted octanol–water partition coefficient (Wildman–Crippen LogP) is 16.4. The van der Waals surface area contributed by atoms with Crippen molar-refractivity contribution >= 4 is 17.9 Å². The summed E-state index contributed by atoms with van der Waals surface area (Å²) in [7, 11) is 0. The Balaban J connectivity index is 4.17. The molecule has 6 heteroatoms. The van der Waals surface area contributed by atoms with E-state index < -0.39 is 6.10 Å². The van der Waals surface area contributed by atoms with Gasteiger partial charge in [-0.2, -0.15) is 0 Å². The first-order valence-corrected chi connectivity index (χ1v) is 25.5. The summed E-state index contributed by atoms with van der Waals surface area (Å²) < 4.78 is 16.7. The summed E-state index contributed by atoms with van der Waals surface area (Å²) in [5.41, 5.74) is 0. The first-order chi connectivity index (χ1) is 28.0. The first-order valence-electron chi connectivity index (χ1n) is 25.5. The van der Waals surface area contributed by atoms with E-state index in [1.165, 1.54) is 193 Å². The molecule has 0 aromatic heterocycles. The van der Waals surface area contributed by atoms with E-state index in [0.717, 1.165) is 57.8 Å². The number of carbonyl (C=O) groups is 3. The molecule has 338 valence electrons. The van der Waals surface area contributed by atoms with Gasteiger partial charge >= 0.3 is 17.9 Å². The van der Waals surface area contributed by atoms with Crippen LogP contribution in [0.1, 0.15) is 290 Å². The highest BCUT2D eigenvalue weighted by molar-refractivity contribution is 5.71. The lowest BCUT2D eigenvalue weighted by molar-refractivity contribution is -0.167. The molecule has 0 aliphatic rings. The SMILES string of the molecule is CCCCCCCCCCCCCCCCCCCCCC(=O)O[C@@H](COC(=O)CCCCCCCCC)COC(=O)CCCCCCCCCCCCCCC. The summed E-state index contributed by atoms with van der Waals surface area (Å²) >= 11 is 0. The zero-order chi connectivity index (χ0) is 41.5. The third kappa shape index (κ3) is 45.3. The molecule has 0 saturated heterocycles. The molecule has 0 aliphatic heterocycles. The van der Waals surface area contributed by atoms with E-state index in [-0.39, 0.29) is 31.1 Å². The second-order valence-electron chi connectivity index (χ2n) is 17.5. The first kappa shape index (κ1) is 55.4. The molecule has 6 nitrogen and oxygen atoms in total. The number of unbranched alkanes of at least 4 members (excludes halogenated alkanes) is 36. The van der Waals surface area contributed by atoms with Crippen LogP contribution in [0.25, 0.3) is 0 Å². The van der Waals surface area contributed by atoms with Gasteiger partial charge in [0, 0.05) is 19.3 Å². The minimum absolute atomic E-state index is 0.0626. The molecule has 0 N–H and O–H groups in total. The Kier molecular flexibility index (Phi) is 45.8. The van der Waals surface area contributed by atoms with Gasteiger partial charge in [-0.05, 0) is 19.3 Å². The third-order valence-electron chi connectivity index (χ3n) is 11.6. The van der Waals surface area contributed by atoms with Crippen LogP contribution in [0.15, 0.2) is 0 Å². The van der Waals surface area contributed by atoms with E-state index in [2.05, 4.69) is 20.8 Å². The number of esters is 3. The Hall–Kier alpha value is -1.59. The van der Waals surface area contributed by atoms with Gasteiger partial charge in [0.1, 0.15) is 13.2 Å². The van der Waals surface area contributed by atoms with Crippen LogP contribution in [0.2, 0.25) is 0 Å². The largest absolute Gasteiger partial charge is 0.462 e. The van der Waals surface area contributed by atoms with E-state index in [0.29, 0.717) is 19.3 Å². The van der Waals surface area contributed by atoms with Crippen LogP contribution >= 0.6 is 0 Å². The minimum Gasteiger partial charge on any atom is -0.462 e. The fourth-order valence-corrected chi connectivity index (χ4v) is 7.74. The van der Waals surface area contributed by atoms with E-state index in [1.54, 1.807) is 0 Å². The van der Waals surface area contributed by atoms with Crippen molar-refractivity contribution < 1.29 is 28.6 Å². The van der Waals surface area contributed by atoms with E-state index in [9.17, 15) is 14.4 Å². The van der Waals surface area contributed by atoms with Crippen LogP contribution in [0.5, 0.6) is 0 Å². The lowest BCUT2D eigenvalue weighted by Gasteiger charge is -2.18. The molecule has 1 atom stereocenters. The number of hydrogen-bond donors (Lipinski definition) is 0. The van der Waals surface area contributed by atoms with Crippen LogP contribution in [-0.2, 0) is 28.6 Å². The zero-order valence-electron chi connectivity index (χ0n) is 38.6. The van der Waals surface area contributed by atoms with Crippen LogP contribution < -0.4 is 0 Å². The zero-order valence-corrected chi connectivity index (χ0v) is 38.6. The van der Waals surface area contributed by atoms with Crippen LogP contribution in [0.4, 0.5) is 0 Å². The van der Waals surface area contributed by atoms with Gasteiger partial charge in [0.25, 0.3) is 0 Å². The molecule has 0 rings (SSSR count). The molecule has 57 heavy (non-hydrogen) atoms. The maximum Gasteiger partial charge on any atom is 0.306 e. The number of hydrogen-bond acceptors (Lipinski definition) is 6. The molecule has 0 unspecified atom stereocenters. The smallest absolute Gasteiger partial charge is 0.306 e. The standard InChI is InChI=1S/C51H98O6/c1-4-7-10-13-16-18-20-22-23-24-25-26-27-29-31-33-36-39-42-45-51(54)57-48(46-55-49(52)43-40-37-34-15-12-9-6-3)47-56-50(53)44-41-38-35-32-30-28-21-19-17-14-11-8-5-2/h48H,4-47H2,1-3H3/t48-/m0/s1. The van der Waals surface area contributed by atoms with Gasteiger partial charge < -0.3 is 14.2 Å². The Morgan fingerprint density at radius 3 is 0.702 bits per heavy atom. The highest BCUT2D eigenvalue weighted by Gasteiger charge is 2.19. The van der Waals surface area contributed by atoms with Gasteiger partial charge in [-0.1, -0.05) is 252 Å². The van der Waals surface area contributed by atoms with Crippen molar-refractivity contribution in [3.05, 3.63) is 0 Å². The summed E-state index contributed by atoms with van der Waals surface area (Å²) in [6, 6.07) is 0. The van der Waals surface area contributed by atoms with Crippen molar-refractivity contribution in [1.29, 1.82) is 0 Å². The molecule has 0 saturated carbocycles. The van der Waals surface area contributed by atoms with Crippen LogP contribution in [0, 0.1) is 0 Å². The minimum atomic E-state index is -0.758. The molecule has 0 fully saturated rings. The van der Waals surface area contributed by atoms with Crippen molar-refractivity contribution in [2.45, 2.75) is 297 Å². The lowest BCUT2D eigenvalue weighted by Crippen LogP contribution is -2.30. The summed E-state index contributed by atoms with van der Waals surface area (Å²) in [5, 5.41) is 0. The van der Waals surface area contributed by atoms with Gasteiger partial charge in [-0.15, -0.1) is 0 Å². The highest BCUT2D eigenvalue weighted by atomic mass is 16.6. The summed E-state index contributed by atoms with van der Waals surface area (Å²) in [5.74, 6) is -0.850. The van der Waals surface area contributed by atoms with Crippen LogP contribution in [0.3, 0.4) is 0 Å². The topological polar surface area (TPSA) is 78.9 Å². The van der Waals surface area contributed by atoms with Crippen molar-refractivity contribution in [3.63, 3.8) is 0 Å². The average Bonchev–Trinajstić information content (AvgIpc) is 3.21. The third-order valence-corrected chi connectivity index (χ3v) is 11.6. The number of ether oxygens (including phenoxy) is 3. The molecular weight excluding hydrogens is 709 g/mol. The van der Waals surface area contributed by atoms with Crippen molar-refractivity contribution in [2.75, 3.05) is 13.2 Å². The quantitative estimate of drug-likeness (QED) is 0.0346. The van der Waals surface area contributed by atoms with Gasteiger partial charge in [0.2, 0.25) is 0 Å². The van der Waals surface area contributed by atoms with Crippen LogP contribution in [-0.4, -0.2) is 37.2 Å². The summed E-state index contributed by atoms with van der Waals surface area (Å²) in [4.78, 5) is 37.7. The van der Waals surface area contributed by atoms with E-state index >= 15 is 0 Å². The maximum atomic E-state index is 12.7. The molecule has 0 aliphatic carbocycles. The molecule has 0 aromatic rings. The number of rotatable bonds is 47. The van der Waals surface area contributed by atoms with Crippen molar-refractivity contribution in [1.82, 2.24) is 0 Å². The van der Waals surface area contributed by atoms with Crippen molar-refractivity contribution in [2.24, 2.45) is 0 Å². The Bertz CT molecular complexity index is 844. The Morgan fingerprint density at radius 1 is 0.281 bits per heavy atom. The predicted molar refractivity (Wildman–Crippen MR) is 243 cm³/mol. The fourth-order valence-electron chi connectivity index (χ4n) is 7.74. The highest BCUT2D eigenvalue weighted by Crippen LogP contribution is 2.17. The summed E-state index contributed by atoms with van der Waals surface area (Å²) in [6.07, 6.45) is 49.6. The molecule has 0 heterocycles. The molecule has 0 bridgehead atoms. The van der Waals surface area contributed by atoms with Gasteiger partial charge in [-0.25, -0.2) is 0 Å². The van der Waals surface area contributed by atoms with Gasteiger partial charge in [0.15, 0.2) is 6.10 Å². The van der Waals surface area contributed by atoms with E-state index in [4.69, 9.17) is 14.2 Å². The average molecular weight is 807 g/mol. The Labute approximate surface area is 355 Å². The van der Waals surface area contributed by atoms with Gasteiger partial charge in [0.05, 0.1) is 0 Å². The Morgan fingerprint density at radius 2 is 0.474 bits per heavy atom. The molecule has 0 radical (unpaired) electrons. The summed E-state index contributed by atoms with van der Waals surface area (Å²) in [6.45, 7) is 6.64. The maximum absolute atomic E-state index is 12.7. The monoisotopic (exact) mass is 807 g/mol. The molecule has 0 aromatic carbocycles. The molecule has 0 spiro atoms. The lowest BCUT2D eigenvalue weighted by atomic mass is 10.0. The molecular formula is C51H98O6. The van der Waals surface area contributed by atoms with Crippen molar-refractivity contribution in [3.8, 4) is 0 Å². The molecule has 0 amide bonds. The normalized spacial score (nSPS) is 11.8. The fraction of sp³-hybridized carbons (Fsp3) is 0.941. The number of carbonyl (C=O) groups excluding carboxylic acids is 3. The second kappa shape index (κ2) is 47.1.